The molecule has 1 aliphatic rings. The summed E-state index contributed by atoms with van der Waals surface area (Å²) >= 11 is 0. The van der Waals surface area contributed by atoms with Gasteiger partial charge in [0, 0.05) is 49.0 Å². The van der Waals surface area contributed by atoms with Crippen molar-refractivity contribution in [1.82, 2.24) is 9.88 Å². The number of anilines is 1. The third kappa shape index (κ3) is 3.16. The van der Waals surface area contributed by atoms with Crippen molar-refractivity contribution in [3.8, 4) is 0 Å². The number of rotatable bonds is 4. The molecule has 1 N–H and O–H groups in total. The van der Waals surface area contributed by atoms with Crippen LogP contribution in [-0.2, 0) is 0 Å². The SMILES string of the molecule is CCC(CO)N1CCN(c2cc(C)nc3c(F)cccc23)CC1. The highest BCUT2D eigenvalue weighted by atomic mass is 19.1. The smallest absolute Gasteiger partial charge is 0.149 e. The first-order valence-corrected chi connectivity index (χ1v) is 8.29. The number of aryl methyl sites for hydroxylation is 1. The molecule has 2 heterocycles. The van der Waals surface area contributed by atoms with Gasteiger partial charge in [0.05, 0.1) is 6.61 Å². The highest BCUT2D eigenvalue weighted by Gasteiger charge is 2.23. The predicted octanol–water partition coefficient (Wildman–Crippen LogP) is 2.58. The molecule has 3 rings (SSSR count). The molecule has 1 aromatic heterocycles. The number of hydrogen-bond donors (Lipinski definition) is 1. The van der Waals surface area contributed by atoms with Gasteiger partial charge in [0.25, 0.3) is 0 Å². The van der Waals surface area contributed by atoms with E-state index >= 15 is 0 Å². The molecule has 0 bridgehead atoms. The van der Waals surface area contributed by atoms with Gasteiger partial charge in [-0.25, -0.2) is 9.37 Å². The zero-order chi connectivity index (χ0) is 16.4. The number of aliphatic hydroxyl groups is 1. The lowest BCUT2D eigenvalue weighted by Gasteiger charge is -2.39. The van der Waals surface area contributed by atoms with E-state index in [-0.39, 0.29) is 18.5 Å². The minimum Gasteiger partial charge on any atom is -0.395 e. The lowest BCUT2D eigenvalue weighted by atomic mass is 10.1. The highest BCUT2D eigenvalue weighted by molar-refractivity contribution is 5.92. The molecule has 1 fully saturated rings. The Morgan fingerprint density at radius 2 is 2.00 bits per heavy atom. The summed E-state index contributed by atoms with van der Waals surface area (Å²) in [6, 6.07) is 7.43. The van der Waals surface area contributed by atoms with E-state index < -0.39 is 0 Å². The Morgan fingerprint density at radius 1 is 1.26 bits per heavy atom. The van der Waals surface area contributed by atoms with Crippen LogP contribution in [0.1, 0.15) is 19.0 Å². The van der Waals surface area contributed by atoms with Crippen molar-refractivity contribution in [1.29, 1.82) is 0 Å². The zero-order valence-corrected chi connectivity index (χ0v) is 13.8. The summed E-state index contributed by atoms with van der Waals surface area (Å²) < 4.78 is 14.1. The largest absolute Gasteiger partial charge is 0.395 e. The van der Waals surface area contributed by atoms with Gasteiger partial charge in [-0.1, -0.05) is 19.1 Å². The van der Waals surface area contributed by atoms with E-state index in [1.54, 1.807) is 6.07 Å². The Balaban J connectivity index is 1.86. The van der Waals surface area contributed by atoms with Crippen molar-refractivity contribution < 1.29 is 9.50 Å². The van der Waals surface area contributed by atoms with Crippen molar-refractivity contribution >= 4 is 16.6 Å². The first-order valence-electron chi connectivity index (χ1n) is 8.29. The average molecular weight is 317 g/mol. The fraction of sp³-hybridized carbons (Fsp3) is 0.500. The molecule has 124 valence electrons. The van der Waals surface area contributed by atoms with E-state index in [9.17, 15) is 9.50 Å². The van der Waals surface area contributed by atoms with Crippen molar-refractivity contribution in [3.05, 3.63) is 35.8 Å². The van der Waals surface area contributed by atoms with Crippen molar-refractivity contribution in [3.63, 3.8) is 0 Å². The molecule has 1 atom stereocenters. The molecule has 0 aliphatic carbocycles. The van der Waals surface area contributed by atoms with Crippen LogP contribution < -0.4 is 4.90 Å². The molecule has 0 saturated carbocycles. The van der Waals surface area contributed by atoms with Crippen LogP contribution in [0.3, 0.4) is 0 Å². The van der Waals surface area contributed by atoms with Crippen LogP contribution in [0.2, 0.25) is 0 Å². The van der Waals surface area contributed by atoms with E-state index in [2.05, 4.69) is 21.7 Å². The second-order valence-corrected chi connectivity index (χ2v) is 6.19. The second-order valence-electron chi connectivity index (χ2n) is 6.19. The quantitative estimate of drug-likeness (QED) is 0.941. The third-order valence-electron chi connectivity index (χ3n) is 4.75. The van der Waals surface area contributed by atoms with E-state index in [1.807, 2.05) is 19.1 Å². The summed E-state index contributed by atoms with van der Waals surface area (Å²) in [5.41, 5.74) is 2.34. The molecular formula is C18H24FN3O. The lowest BCUT2D eigenvalue weighted by Crippen LogP contribution is -2.51. The molecule has 4 nitrogen and oxygen atoms in total. The van der Waals surface area contributed by atoms with Gasteiger partial charge in [-0.15, -0.1) is 0 Å². The van der Waals surface area contributed by atoms with E-state index in [4.69, 9.17) is 0 Å². The molecule has 1 aromatic carbocycles. The van der Waals surface area contributed by atoms with Crippen LogP contribution in [-0.4, -0.2) is 53.8 Å². The standard InChI is InChI=1S/C18H24FN3O/c1-3-14(12-23)21-7-9-22(10-8-21)17-11-13(2)20-18-15(17)5-4-6-16(18)19/h4-6,11,14,23H,3,7-10,12H2,1-2H3. The Bertz CT molecular complexity index is 679. The fourth-order valence-corrected chi connectivity index (χ4v) is 3.41. The van der Waals surface area contributed by atoms with Crippen molar-refractivity contribution in [2.75, 3.05) is 37.7 Å². The first-order chi connectivity index (χ1) is 11.1. The number of aliphatic hydroxyl groups excluding tert-OH is 1. The molecular weight excluding hydrogens is 293 g/mol. The van der Waals surface area contributed by atoms with Gasteiger partial charge in [-0.3, -0.25) is 4.90 Å². The normalized spacial score (nSPS) is 17.7. The van der Waals surface area contributed by atoms with Gasteiger partial charge in [0.2, 0.25) is 0 Å². The number of para-hydroxylation sites is 1. The number of nitrogens with zero attached hydrogens (tertiary/aromatic N) is 3. The Kier molecular flexibility index (Phi) is 4.78. The van der Waals surface area contributed by atoms with Crippen LogP contribution in [0.25, 0.3) is 10.9 Å². The number of piperazine rings is 1. The molecule has 1 saturated heterocycles. The van der Waals surface area contributed by atoms with Crippen molar-refractivity contribution in [2.45, 2.75) is 26.3 Å². The van der Waals surface area contributed by atoms with E-state index in [0.29, 0.717) is 5.52 Å². The maximum atomic E-state index is 14.1. The van der Waals surface area contributed by atoms with Crippen molar-refractivity contribution in [2.24, 2.45) is 0 Å². The van der Waals surface area contributed by atoms with Crippen LogP contribution in [0, 0.1) is 12.7 Å². The third-order valence-corrected chi connectivity index (χ3v) is 4.75. The number of aromatic nitrogens is 1. The van der Waals surface area contributed by atoms with Gasteiger partial charge in [0.1, 0.15) is 11.3 Å². The summed E-state index contributed by atoms with van der Waals surface area (Å²) in [6.45, 7) is 7.81. The maximum absolute atomic E-state index is 14.1. The molecule has 1 unspecified atom stereocenters. The molecule has 1 aliphatic heterocycles. The molecule has 0 radical (unpaired) electrons. The number of pyridine rings is 1. The second kappa shape index (κ2) is 6.81. The molecule has 2 aromatic rings. The summed E-state index contributed by atoms with van der Waals surface area (Å²) in [6.07, 6.45) is 0.957. The van der Waals surface area contributed by atoms with Gasteiger partial charge < -0.3 is 10.0 Å². The summed E-state index contributed by atoms with van der Waals surface area (Å²) in [5, 5.41) is 10.3. The summed E-state index contributed by atoms with van der Waals surface area (Å²) in [4.78, 5) is 9.00. The molecule has 0 amide bonds. The summed E-state index contributed by atoms with van der Waals surface area (Å²) in [7, 11) is 0. The molecule has 5 heteroatoms. The monoisotopic (exact) mass is 317 g/mol. The number of benzene rings is 1. The van der Waals surface area contributed by atoms with Crippen LogP contribution in [0.4, 0.5) is 10.1 Å². The average Bonchev–Trinajstić information content (AvgIpc) is 2.57. The predicted molar refractivity (Wildman–Crippen MR) is 91.4 cm³/mol. The van der Waals surface area contributed by atoms with Crippen LogP contribution >= 0.6 is 0 Å². The minimum atomic E-state index is -0.266. The minimum absolute atomic E-state index is 0.207. The van der Waals surface area contributed by atoms with E-state index in [1.165, 1.54) is 6.07 Å². The number of fused-ring (bicyclic) bond motifs is 1. The molecule has 0 spiro atoms. The maximum Gasteiger partial charge on any atom is 0.149 e. The fourth-order valence-electron chi connectivity index (χ4n) is 3.41. The Morgan fingerprint density at radius 3 is 2.65 bits per heavy atom. The number of hydrogen-bond acceptors (Lipinski definition) is 4. The Labute approximate surface area is 136 Å². The van der Waals surface area contributed by atoms with E-state index in [0.717, 1.165) is 49.4 Å². The van der Waals surface area contributed by atoms with Crippen LogP contribution in [0.15, 0.2) is 24.3 Å². The topological polar surface area (TPSA) is 39.6 Å². The van der Waals surface area contributed by atoms with Gasteiger partial charge >= 0.3 is 0 Å². The van der Waals surface area contributed by atoms with Gasteiger partial charge in [0.15, 0.2) is 0 Å². The van der Waals surface area contributed by atoms with Gasteiger partial charge in [-0.05, 0) is 25.5 Å². The molecule has 23 heavy (non-hydrogen) atoms. The summed E-state index contributed by atoms with van der Waals surface area (Å²) in [5.74, 6) is -0.266. The number of halogens is 1. The zero-order valence-electron chi connectivity index (χ0n) is 13.8. The van der Waals surface area contributed by atoms with Gasteiger partial charge in [-0.2, -0.15) is 0 Å². The van der Waals surface area contributed by atoms with Crippen LogP contribution in [0.5, 0.6) is 0 Å². The highest BCUT2D eigenvalue weighted by Crippen LogP contribution is 2.29. The lowest BCUT2D eigenvalue weighted by molar-refractivity contribution is 0.114. The first kappa shape index (κ1) is 16.1. The Hall–Kier alpha value is -1.72.